The molecule has 1 atom stereocenters. The fraction of sp³-hybridized carbons (Fsp3) is 0.389. The summed E-state index contributed by atoms with van der Waals surface area (Å²) in [4.78, 5) is 23.3. The summed E-state index contributed by atoms with van der Waals surface area (Å²) >= 11 is 0. The first-order chi connectivity index (χ1) is 11.5. The van der Waals surface area contributed by atoms with Gasteiger partial charge in [0.1, 0.15) is 5.82 Å². The molecule has 2 N–H and O–H groups in total. The van der Waals surface area contributed by atoms with E-state index in [0.29, 0.717) is 12.0 Å². The molecule has 2 amide bonds. The molecule has 1 aliphatic carbocycles. The third kappa shape index (κ3) is 4.01. The van der Waals surface area contributed by atoms with Crippen LogP contribution in [0.25, 0.3) is 0 Å². The Morgan fingerprint density at radius 3 is 2.54 bits per heavy atom. The fourth-order valence-electron chi connectivity index (χ4n) is 2.80. The van der Waals surface area contributed by atoms with Gasteiger partial charge in [-0.25, -0.2) is 4.68 Å². The van der Waals surface area contributed by atoms with E-state index in [-0.39, 0.29) is 18.2 Å². The second-order valence-electron chi connectivity index (χ2n) is 6.34. The Kier molecular flexibility index (Phi) is 4.64. The lowest BCUT2D eigenvalue weighted by Gasteiger charge is -2.15. The highest BCUT2D eigenvalue weighted by Gasteiger charge is 2.30. The second kappa shape index (κ2) is 6.86. The van der Waals surface area contributed by atoms with Gasteiger partial charge in [-0.1, -0.05) is 12.1 Å². The third-order valence-corrected chi connectivity index (χ3v) is 4.27. The summed E-state index contributed by atoms with van der Waals surface area (Å²) in [6.45, 7) is 3.61. The monoisotopic (exact) mass is 326 g/mol. The number of hydrogen-bond acceptors (Lipinski definition) is 3. The van der Waals surface area contributed by atoms with Crippen LogP contribution in [-0.4, -0.2) is 21.6 Å². The lowest BCUT2D eigenvalue weighted by atomic mass is 10.1. The molecular formula is C18H22N4O2. The van der Waals surface area contributed by atoms with Crippen LogP contribution in [0.1, 0.15) is 38.3 Å². The SMILES string of the molecule is CC(=O)Nc1ccc(CC(=O)Nc2ccnn2C(C)C2CC2)cc1. The van der Waals surface area contributed by atoms with Crippen molar-refractivity contribution in [3.05, 3.63) is 42.1 Å². The van der Waals surface area contributed by atoms with Gasteiger partial charge in [-0.15, -0.1) is 0 Å². The first-order valence-electron chi connectivity index (χ1n) is 8.23. The second-order valence-corrected chi connectivity index (χ2v) is 6.34. The van der Waals surface area contributed by atoms with Gasteiger partial charge in [-0.3, -0.25) is 9.59 Å². The number of nitrogens with one attached hydrogen (secondary N) is 2. The van der Waals surface area contributed by atoms with Gasteiger partial charge in [-0.05, 0) is 43.4 Å². The Labute approximate surface area is 141 Å². The number of hydrogen-bond donors (Lipinski definition) is 2. The first-order valence-corrected chi connectivity index (χ1v) is 8.23. The minimum atomic E-state index is -0.112. The first kappa shape index (κ1) is 16.2. The van der Waals surface area contributed by atoms with Crippen LogP contribution in [-0.2, 0) is 16.0 Å². The summed E-state index contributed by atoms with van der Waals surface area (Å²) < 4.78 is 1.90. The molecule has 1 aromatic heterocycles. The van der Waals surface area contributed by atoms with Crippen molar-refractivity contribution in [1.29, 1.82) is 0 Å². The van der Waals surface area contributed by atoms with E-state index in [4.69, 9.17) is 0 Å². The maximum absolute atomic E-state index is 12.3. The molecule has 1 heterocycles. The molecule has 1 aromatic carbocycles. The molecule has 1 fully saturated rings. The van der Waals surface area contributed by atoms with Crippen LogP contribution in [0.4, 0.5) is 11.5 Å². The molecule has 6 nitrogen and oxygen atoms in total. The predicted octanol–water partition coefficient (Wildman–Crippen LogP) is 2.99. The number of nitrogens with zero attached hydrogens (tertiary/aromatic N) is 2. The Hall–Kier alpha value is -2.63. The summed E-state index contributed by atoms with van der Waals surface area (Å²) in [6, 6.07) is 9.42. The third-order valence-electron chi connectivity index (χ3n) is 4.27. The zero-order valence-corrected chi connectivity index (χ0v) is 14.0. The molecular weight excluding hydrogens is 304 g/mol. The lowest BCUT2D eigenvalue weighted by molar-refractivity contribution is -0.116. The number of benzene rings is 1. The Morgan fingerprint density at radius 1 is 1.21 bits per heavy atom. The maximum Gasteiger partial charge on any atom is 0.229 e. The van der Waals surface area contributed by atoms with Crippen molar-refractivity contribution >= 4 is 23.3 Å². The zero-order chi connectivity index (χ0) is 17.1. The number of anilines is 2. The molecule has 2 aromatic rings. The molecule has 1 unspecified atom stereocenters. The van der Waals surface area contributed by atoms with Crippen molar-refractivity contribution in [1.82, 2.24) is 9.78 Å². The van der Waals surface area contributed by atoms with Gasteiger partial charge < -0.3 is 10.6 Å². The molecule has 0 bridgehead atoms. The predicted molar refractivity (Wildman–Crippen MR) is 92.7 cm³/mol. The van der Waals surface area contributed by atoms with E-state index >= 15 is 0 Å². The molecule has 0 aliphatic heterocycles. The van der Waals surface area contributed by atoms with Crippen LogP contribution >= 0.6 is 0 Å². The van der Waals surface area contributed by atoms with E-state index in [9.17, 15) is 9.59 Å². The minimum Gasteiger partial charge on any atom is -0.326 e. The summed E-state index contributed by atoms with van der Waals surface area (Å²) in [6.07, 6.45) is 4.46. The highest BCUT2D eigenvalue weighted by Crippen LogP contribution is 2.40. The summed E-state index contributed by atoms with van der Waals surface area (Å²) in [5.74, 6) is 1.22. The molecule has 0 radical (unpaired) electrons. The molecule has 3 rings (SSSR count). The minimum absolute atomic E-state index is 0.0768. The van der Waals surface area contributed by atoms with E-state index in [1.54, 1.807) is 18.3 Å². The van der Waals surface area contributed by atoms with Crippen LogP contribution in [0.5, 0.6) is 0 Å². The maximum atomic E-state index is 12.3. The van der Waals surface area contributed by atoms with Crippen molar-refractivity contribution in [3.8, 4) is 0 Å². The van der Waals surface area contributed by atoms with E-state index in [1.165, 1.54) is 19.8 Å². The molecule has 1 saturated carbocycles. The van der Waals surface area contributed by atoms with Gasteiger partial charge in [0.2, 0.25) is 11.8 Å². The highest BCUT2D eigenvalue weighted by atomic mass is 16.2. The fourth-order valence-corrected chi connectivity index (χ4v) is 2.80. The lowest BCUT2D eigenvalue weighted by Crippen LogP contribution is -2.19. The van der Waals surface area contributed by atoms with Crippen molar-refractivity contribution < 1.29 is 9.59 Å². The van der Waals surface area contributed by atoms with Gasteiger partial charge in [-0.2, -0.15) is 5.10 Å². The van der Waals surface area contributed by atoms with Gasteiger partial charge in [0.25, 0.3) is 0 Å². The Balaban J connectivity index is 1.59. The molecule has 0 spiro atoms. The van der Waals surface area contributed by atoms with Crippen LogP contribution in [0.15, 0.2) is 36.5 Å². The normalized spacial score (nSPS) is 14.9. The molecule has 24 heavy (non-hydrogen) atoms. The van der Waals surface area contributed by atoms with Crippen LogP contribution in [0.3, 0.4) is 0 Å². The van der Waals surface area contributed by atoms with E-state index in [0.717, 1.165) is 17.1 Å². The van der Waals surface area contributed by atoms with Gasteiger partial charge >= 0.3 is 0 Å². The van der Waals surface area contributed by atoms with Crippen molar-refractivity contribution in [3.63, 3.8) is 0 Å². The van der Waals surface area contributed by atoms with E-state index < -0.39 is 0 Å². The molecule has 6 heteroatoms. The van der Waals surface area contributed by atoms with Crippen molar-refractivity contribution in [2.75, 3.05) is 10.6 Å². The van der Waals surface area contributed by atoms with E-state index in [1.807, 2.05) is 22.9 Å². The van der Waals surface area contributed by atoms with E-state index in [2.05, 4.69) is 22.7 Å². The quantitative estimate of drug-likeness (QED) is 0.857. The summed E-state index contributed by atoms with van der Waals surface area (Å²) in [5.41, 5.74) is 1.62. The number of rotatable bonds is 6. The van der Waals surface area contributed by atoms with Crippen LogP contribution < -0.4 is 10.6 Å². The average molecular weight is 326 g/mol. The van der Waals surface area contributed by atoms with Gasteiger partial charge in [0, 0.05) is 18.7 Å². The van der Waals surface area contributed by atoms with Gasteiger partial charge in [0.15, 0.2) is 0 Å². The largest absolute Gasteiger partial charge is 0.326 e. The van der Waals surface area contributed by atoms with Crippen LogP contribution in [0.2, 0.25) is 0 Å². The molecule has 126 valence electrons. The number of aromatic nitrogens is 2. The number of carbonyl (C=O) groups excluding carboxylic acids is 2. The number of carbonyl (C=O) groups is 2. The van der Waals surface area contributed by atoms with Gasteiger partial charge in [0.05, 0.1) is 18.7 Å². The smallest absolute Gasteiger partial charge is 0.229 e. The Bertz CT molecular complexity index is 732. The molecule has 1 aliphatic rings. The Morgan fingerprint density at radius 2 is 1.92 bits per heavy atom. The zero-order valence-electron chi connectivity index (χ0n) is 14.0. The molecule has 0 saturated heterocycles. The highest BCUT2D eigenvalue weighted by molar-refractivity contribution is 5.92. The standard InChI is InChI=1S/C18H22N4O2/c1-12(15-5-6-15)22-17(9-10-19-22)21-18(24)11-14-3-7-16(8-4-14)20-13(2)23/h3-4,7-10,12,15H,5-6,11H2,1-2H3,(H,20,23)(H,21,24). The average Bonchev–Trinajstić information content (AvgIpc) is 3.28. The van der Waals surface area contributed by atoms with Crippen LogP contribution in [0, 0.1) is 5.92 Å². The summed E-state index contributed by atoms with van der Waals surface area (Å²) in [7, 11) is 0. The number of amides is 2. The van der Waals surface area contributed by atoms with Crippen molar-refractivity contribution in [2.45, 2.75) is 39.2 Å². The topological polar surface area (TPSA) is 76.0 Å². The summed E-state index contributed by atoms with van der Waals surface area (Å²) in [5, 5.41) is 9.99. The van der Waals surface area contributed by atoms with Crippen molar-refractivity contribution in [2.24, 2.45) is 5.92 Å².